The van der Waals surface area contributed by atoms with Gasteiger partial charge in [-0.25, -0.2) is 8.42 Å². The Balaban J connectivity index is 2.32. The second-order valence-electron chi connectivity index (χ2n) is 5.63. The summed E-state index contributed by atoms with van der Waals surface area (Å²) in [6.45, 7) is 5.67. The Bertz CT molecular complexity index is 723. The number of hydrogen-bond donors (Lipinski definition) is 0. The van der Waals surface area contributed by atoms with Gasteiger partial charge in [-0.1, -0.05) is 13.8 Å². The van der Waals surface area contributed by atoms with Crippen molar-refractivity contribution in [1.82, 2.24) is 4.90 Å². The number of amides is 1. The van der Waals surface area contributed by atoms with E-state index in [2.05, 4.69) is 0 Å². The van der Waals surface area contributed by atoms with E-state index in [1.165, 1.54) is 6.07 Å². The molecule has 0 unspecified atom stereocenters. The van der Waals surface area contributed by atoms with Crippen LogP contribution in [-0.4, -0.2) is 42.8 Å². The molecule has 22 heavy (non-hydrogen) atoms. The molecule has 2 heterocycles. The minimum atomic E-state index is -3.21. The van der Waals surface area contributed by atoms with E-state index in [1.54, 1.807) is 11.8 Å². The largest absolute Gasteiger partial charge is 0.450 e. The van der Waals surface area contributed by atoms with Crippen molar-refractivity contribution in [1.29, 1.82) is 5.26 Å². The minimum Gasteiger partial charge on any atom is -0.450 e. The van der Waals surface area contributed by atoms with Crippen LogP contribution in [0.15, 0.2) is 10.5 Å². The number of furan rings is 1. The van der Waals surface area contributed by atoms with Gasteiger partial charge < -0.3 is 9.32 Å². The van der Waals surface area contributed by atoms with Crippen LogP contribution in [0.4, 0.5) is 0 Å². The Hall–Kier alpha value is -1.81. The molecule has 120 valence electrons. The van der Waals surface area contributed by atoms with E-state index < -0.39 is 14.6 Å². The van der Waals surface area contributed by atoms with Crippen molar-refractivity contribution in [3.05, 3.63) is 23.2 Å². The highest BCUT2D eigenvalue weighted by molar-refractivity contribution is 7.92. The van der Waals surface area contributed by atoms with Gasteiger partial charge in [0.1, 0.15) is 11.8 Å². The summed E-state index contributed by atoms with van der Waals surface area (Å²) >= 11 is 0. The topological polar surface area (TPSA) is 91.4 Å². The maximum Gasteiger partial charge on any atom is 0.257 e. The van der Waals surface area contributed by atoms with E-state index in [0.717, 1.165) is 0 Å². The van der Waals surface area contributed by atoms with Crippen molar-refractivity contribution in [2.45, 2.75) is 38.4 Å². The lowest BCUT2D eigenvalue weighted by atomic mass is 10.0. The third kappa shape index (κ3) is 2.52. The van der Waals surface area contributed by atoms with Crippen molar-refractivity contribution >= 4 is 15.7 Å². The van der Waals surface area contributed by atoms with Gasteiger partial charge in [0.25, 0.3) is 5.91 Å². The number of hydrogen-bond acceptors (Lipinski definition) is 5. The average molecular weight is 324 g/mol. The highest BCUT2D eigenvalue weighted by atomic mass is 32.2. The van der Waals surface area contributed by atoms with Gasteiger partial charge in [0.2, 0.25) is 5.76 Å². The zero-order valence-corrected chi connectivity index (χ0v) is 13.9. The van der Waals surface area contributed by atoms with Crippen molar-refractivity contribution in [2.75, 3.05) is 18.8 Å². The van der Waals surface area contributed by atoms with Gasteiger partial charge in [0, 0.05) is 19.2 Å². The normalized spacial score (nSPS) is 19.6. The van der Waals surface area contributed by atoms with Gasteiger partial charge in [0.05, 0.1) is 16.1 Å². The summed E-state index contributed by atoms with van der Waals surface area (Å²) in [7, 11) is -3.21. The van der Waals surface area contributed by atoms with Gasteiger partial charge in [-0.3, -0.25) is 4.79 Å². The van der Waals surface area contributed by atoms with Crippen LogP contribution >= 0.6 is 0 Å². The third-order valence-electron chi connectivity index (χ3n) is 4.60. The Morgan fingerprint density at radius 3 is 2.59 bits per heavy atom. The molecule has 2 rings (SSSR count). The lowest BCUT2D eigenvalue weighted by Gasteiger charge is -2.41. The summed E-state index contributed by atoms with van der Waals surface area (Å²) in [5.74, 6) is 0.169. The van der Waals surface area contributed by atoms with Gasteiger partial charge in [-0.05, 0) is 19.8 Å². The van der Waals surface area contributed by atoms with E-state index in [4.69, 9.17) is 9.68 Å². The van der Waals surface area contributed by atoms with E-state index in [-0.39, 0.29) is 30.5 Å². The van der Waals surface area contributed by atoms with Crippen LogP contribution < -0.4 is 0 Å². The van der Waals surface area contributed by atoms with Crippen LogP contribution in [0.3, 0.4) is 0 Å². The van der Waals surface area contributed by atoms with E-state index in [0.29, 0.717) is 24.2 Å². The van der Waals surface area contributed by atoms with Gasteiger partial charge >= 0.3 is 0 Å². The first-order valence-electron chi connectivity index (χ1n) is 7.32. The number of carbonyl (C=O) groups excluding carboxylic acids is 1. The van der Waals surface area contributed by atoms with Crippen molar-refractivity contribution < 1.29 is 17.6 Å². The first kappa shape index (κ1) is 16.6. The quantitative estimate of drug-likeness (QED) is 0.846. The molecule has 0 spiro atoms. The lowest BCUT2D eigenvalue weighted by Crippen LogP contribution is -2.57. The maximum atomic E-state index is 12.6. The molecule has 1 fully saturated rings. The molecule has 6 nitrogen and oxygen atoms in total. The summed E-state index contributed by atoms with van der Waals surface area (Å²) in [5, 5.41) is 8.85. The monoisotopic (exact) mass is 324 g/mol. The summed E-state index contributed by atoms with van der Waals surface area (Å²) in [4.78, 5) is 14.2. The number of sulfone groups is 1. The van der Waals surface area contributed by atoms with Crippen molar-refractivity contribution in [3.8, 4) is 6.07 Å². The molecule has 0 aliphatic carbocycles. The van der Waals surface area contributed by atoms with E-state index in [1.807, 2.05) is 19.9 Å². The smallest absolute Gasteiger partial charge is 0.257 e. The van der Waals surface area contributed by atoms with Crippen LogP contribution in [0.2, 0.25) is 0 Å². The summed E-state index contributed by atoms with van der Waals surface area (Å²) in [6, 6.07) is 3.28. The molecule has 1 aliphatic rings. The molecule has 7 heteroatoms. The molecular weight excluding hydrogens is 304 g/mol. The van der Waals surface area contributed by atoms with Gasteiger partial charge in [0.15, 0.2) is 9.84 Å². The van der Waals surface area contributed by atoms with Crippen molar-refractivity contribution in [3.63, 3.8) is 0 Å². The number of nitriles is 1. The Kier molecular flexibility index (Phi) is 4.34. The average Bonchev–Trinajstić information content (AvgIpc) is 2.88. The van der Waals surface area contributed by atoms with Gasteiger partial charge in [-0.2, -0.15) is 5.26 Å². The molecule has 0 bridgehead atoms. The lowest BCUT2D eigenvalue weighted by molar-refractivity contribution is 0.0731. The first-order chi connectivity index (χ1) is 10.3. The zero-order valence-electron chi connectivity index (χ0n) is 13.0. The summed E-state index contributed by atoms with van der Waals surface area (Å²) in [6.07, 6.45) is 0.951. The molecule has 0 radical (unpaired) electrons. The summed E-state index contributed by atoms with van der Waals surface area (Å²) < 4.78 is 29.1. The third-order valence-corrected chi connectivity index (χ3v) is 7.35. The molecule has 1 aromatic heterocycles. The Morgan fingerprint density at radius 1 is 1.45 bits per heavy atom. The highest BCUT2D eigenvalue weighted by Crippen LogP contribution is 2.32. The summed E-state index contributed by atoms with van der Waals surface area (Å²) in [5.41, 5.74) is 0.331. The molecule has 1 aliphatic heterocycles. The molecule has 0 aromatic carbocycles. The van der Waals surface area contributed by atoms with Gasteiger partial charge in [-0.15, -0.1) is 0 Å². The number of aryl methyl sites for hydroxylation is 1. The van der Waals surface area contributed by atoms with Crippen molar-refractivity contribution in [2.24, 2.45) is 0 Å². The molecule has 1 amide bonds. The second-order valence-corrected chi connectivity index (χ2v) is 8.13. The fraction of sp³-hybridized carbons (Fsp3) is 0.600. The molecule has 1 saturated heterocycles. The Morgan fingerprint density at radius 2 is 2.09 bits per heavy atom. The molecule has 1 aromatic rings. The minimum absolute atomic E-state index is 0.0254. The first-order valence-corrected chi connectivity index (χ1v) is 8.97. The predicted octanol–water partition coefficient (Wildman–Crippen LogP) is 1.89. The number of carbonyl (C=O) groups is 1. The van der Waals surface area contributed by atoms with E-state index >= 15 is 0 Å². The number of nitrogens with zero attached hydrogens (tertiary/aromatic N) is 2. The van der Waals surface area contributed by atoms with Crippen LogP contribution in [0, 0.1) is 18.3 Å². The highest BCUT2D eigenvalue weighted by Gasteiger charge is 2.46. The second kappa shape index (κ2) is 5.76. The maximum absolute atomic E-state index is 12.6. The molecule has 0 saturated carbocycles. The standard InChI is InChI=1S/C15H20N2O4S/c1-4-15(5-2)10-17(6-7-22(15,19)20)14(18)13-8-12(9-16)21-11(13)3/h8H,4-7,10H2,1-3H3. The van der Waals surface area contributed by atoms with Crippen LogP contribution in [-0.2, 0) is 9.84 Å². The number of rotatable bonds is 3. The zero-order chi connectivity index (χ0) is 16.5. The van der Waals surface area contributed by atoms with Crippen LogP contribution in [0.5, 0.6) is 0 Å². The van der Waals surface area contributed by atoms with Crippen LogP contribution in [0.1, 0.15) is 48.6 Å². The Labute approximate surface area is 130 Å². The fourth-order valence-electron chi connectivity index (χ4n) is 2.98. The molecular formula is C15H20N2O4S. The molecule has 0 atom stereocenters. The molecule has 0 N–H and O–H groups in total. The van der Waals surface area contributed by atoms with Crippen LogP contribution in [0.25, 0.3) is 0 Å². The SMILES string of the molecule is CCC1(CC)CN(C(=O)c2cc(C#N)oc2C)CCS1(=O)=O. The predicted molar refractivity (Wildman–Crippen MR) is 81.2 cm³/mol. The fourth-order valence-corrected chi connectivity index (χ4v) is 5.10. The van der Waals surface area contributed by atoms with E-state index in [9.17, 15) is 13.2 Å².